The van der Waals surface area contributed by atoms with E-state index in [9.17, 15) is 14.9 Å². The normalized spacial score (nSPS) is 10.1. The second-order valence-corrected chi connectivity index (χ2v) is 3.78. The average molecular weight is 236 g/mol. The Morgan fingerprint density at radius 2 is 1.82 bits per heavy atom. The van der Waals surface area contributed by atoms with E-state index < -0.39 is 4.92 Å². The summed E-state index contributed by atoms with van der Waals surface area (Å²) in [6, 6.07) is 3.24. The Bertz CT molecular complexity index is 455. The number of nitrogens with one attached hydrogen (secondary N) is 1. The Hall–Kier alpha value is -1.91. The zero-order chi connectivity index (χ0) is 13.0. The lowest BCUT2D eigenvalue weighted by atomic mass is 10.0. The SMILES string of the molecule is CCc1cc(NC(C)=O)c([N+](=O)[O-])cc1CC. The number of hydrogen-bond acceptors (Lipinski definition) is 3. The molecule has 92 valence electrons. The predicted molar refractivity (Wildman–Crippen MR) is 66.2 cm³/mol. The summed E-state index contributed by atoms with van der Waals surface area (Å²) in [6.45, 7) is 5.28. The molecule has 0 aliphatic rings. The molecule has 0 saturated carbocycles. The number of carbonyl (C=O) groups excluding carboxylic acids is 1. The molecule has 0 aliphatic heterocycles. The van der Waals surface area contributed by atoms with Crippen molar-refractivity contribution in [3.8, 4) is 0 Å². The van der Waals surface area contributed by atoms with Gasteiger partial charge in [0.15, 0.2) is 0 Å². The van der Waals surface area contributed by atoms with Crippen molar-refractivity contribution in [3.05, 3.63) is 33.4 Å². The Labute approximate surface area is 100.0 Å². The molecule has 0 heterocycles. The van der Waals surface area contributed by atoms with E-state index in [2.05, 4.69) is 5.32 Å². The maximum absolute atomic E-state index is 11.0. The molecule has 0 saturated heterocycles. The highest BCUT2D eigenvalue weighted by atomic mass is 16.6. The Morgan fingerprint density at radius 1 is 1.29 bits per heavy atom. The van der Waals surface area contributed by atoms with E-state index in [-0.39, 0.29) is 17.3 Å². The van der Waals surface area contributed by atoms with Gasteiger partial charge >= 0.3 is 0 Å². The van der Waals surface area contributed by atoms with Crippen molar-refractivity contribution in [1.29, 1.82) is 0 Å². The van der Waals surface area contributed by atoms with Crippen LogP contribution in [0.5, 0.6) is 0 Å². The van der Waals surface area contributed by atoms with Crippen molar-refractivity contribution >= 4 is 17.3 Å². The van der Waals surface area contributed by atoms with Crippen molar-refractivity contribution < 1.29 is 9.72 Å². The van der Waals surface area contributed by atoms with Gasteiger partial charge in [0.2, 0.25) is 5.91 Å². The third-order valence-corrected chi connectivity index (χ3v) is 2.59. The van der Waals surface area contributed by atoms with E-state index in [0.29, 0.717) is 0 Å². The lowest BCUT2D eigenvalue weighted by molar-refractivity contribution is -0.384. The zero-order valence-electron chi connectivity index (χ0n) is 10.2. The van der Waals surface area contributed by atoms with Gasteiger partial charge in [-0.1, -0.05) is 13.8 Å². The molecule has 0 aliphatic carbocycles. The highest BCUT2D eigenvalue weighted by Crippen LogP contribution is 2.29. The van der Waals surface area contributed by atoms with E-state index in [4.69, 9.17) is 0 Å². The number of carbonyl (C=O) groups is 1. The first-order valence-electron chi connectivity index (χ1n) is 5.57. The molecule has 0 spiro atoms. The van der Waals surface area contributed by atoms with Gasteiger partial charge in [0, 0.05) is 13.0 Å². The zero-order valence-corrected chi connectivity index (χ0v) is 10.2. The molecule has 0 radical (unpaired) electrons. The fraction of sp³-hybridized carbons (Fsp3) is 0.417. The number of benzene rings is 1. The van der Waals surface area contributed by atoms with Gasteiger partial charge in [0.25, 0.3) is 5.69 Å². The van der Waals surface area contributed by atoms with Crippen LogP contribution in [0, 0.1) is 10.1 Å². The number of aryl methyl sites for hydroxylation is 2. The van der Waals surface area contributed by atoms with Gasteiger partial charge in [-0.25, -0.2) is 0 Å². The third kappa shape index (κ3) is 3.03. The van der Waals surface area contributed by atoms with Crippen molar-refractivity contribution in [1.82, 2.24) is 0 Å². The summed E-state index contributed by atoms with van der Waals surface area (Å²) < 4.78 is 0. The van der Waals surface area contributed by atoms with Crippen LogP contribution in [0.15, 0.2) is 12.1 Å². The third-order valence-electron chi connectivity index (χ3n) is 2.59. The van der Waals surface area contributed by atoms with Gasteiger partial charge in [0.05, 0.1) is 4.92 Å². The van der Waals surface area contributed by atoms with Crippen LogP contribution in [-0.4, -0.2) is 10.8 Å². The quantitative estimate of drug-likeness (QED) is 0.645. The fourth-order valence-corrected chi connectivity index (χ4v) is 1.78. The largest absolute Gasteiger partial charge is 0.321 e. The van der Waals surface area contributed by atoms with E-state index in [0.717, 1.165) is 24.0 Å². The Balaban J connectivity index is 3.34. The van der Waals surface area contributed by atoms with Gasteiger partial charge in [-0.2, -0.15) is 0 Å². The average Bonchev–Trinajstić information content (AvgIpc) is 2.27. The molecule has 17 heavy (non-hydrogen) atoms. The minimum absolute atomic E-state index is 0.0470. The van der Waals surface area contributed by atoms with Crippen LogP contribution in [0.4, 0.5) is 11.4 Å². The smallest absolute Gasteiger partial charge is 0.293 e. The van der Waals surface area contributed by atoms with Gasteiger partial charge in [-0.05, 0) is 30.0 Å². The van der Waals surface area contributed by atoms with E-state index in [1.165, 1.54) is 6.92 Å². The topological polar surface area (TPSA) is 72.2 Å². The number of anilines is 1. The standard InChI is InChI=1S/C12H16N2O3/c1-4-9-6-11(13-8(3)15)12(14(16)17)7-10(9)5-2/h6-7H,4-5H2,1-3H3,(H,13,15). The van der Waals surface area contributed by atoms with E-state index in [1.54, 1.807) is 12.1 Å². The molecule has 0 unspecified atom stereocenters. The van der Waals surface area contributed by atoms with Crippen LogP contribution in [-0.2, 0) is 17.6 Å². The summed E-state index contributed by atoms with van der Waals surface area (Å²) >= 11 is 0. The lowest BCUT2D eigenvalue weighted by Gasteiger charge is -2.10. The van der Waals surface area contributed by atoms with Crippen molar-refractivity contribution in [2.24, 2.45) is 0 Å². The molecule has 1 rings (SSSR count). The monoisotopic (exact) mass is 236 g/mol. The van der Waals surface area contributed by atoms with Gasteiger partial charge < -0.3 is 5.32 Å². The maximum atomic E-state index is 11.0. The van der Waals surface area contributed by atoms with E-state index >= 15 is 0 Å². The van der Waals surface area contributed by atoms with Crippen molar-refractivity contribution in [2.75, 3.05) is 5.32 Å². The lowest BCUT2D eigenvalue weighted by Crippen LogP contribution is -2.09. The van der Waals surface area contributed by atoms with Crippen LogP contribution in [0.25, 0.3) is 0 Å². The van der Waals surface area contributed by atoms with Crippen LogP contribution in [0.3, 0.4) is 0 Å². The molecule has 0 fully saturated rings. The molecule has 1 aromatic rings. The first-order valence-corrected chi connectivity index (χ1v) is 5.57. The summed E-state index contributed by atoms with van der Waals surface area (Å²) in [6.07, 6.45) is 1.53. The van der Waals surface area contributed by atoms with Crippen LogP contribution in [0.1, 0.15) is 31.9 Å². The van der Waals surface area contributed by atoms with Gasteiger partial charge in [0.1, 0.15) is 5.69 Å². The van der Waals surface area contributed by atoms with Crippen molar-refractivity contribution in [3.63, 3.8) is 0 Å². The molecule has 0 bridgehead atoms. The molecule has 5 heteroatoms. The summed E-state index contributed by atoms with van der Waals surface area (Å²) in [7, 11) is 0. The summed E-state index contributed by atoms with van der Waals surface area (Å²) in [5.41, 5.74) is 2.21. The predicted octanol–water partition coefficient (Wildman–Crippen LogP) is 2.68. The number of nitro benzene ring substituents is 1. The molecule has 1 amide bonds. The Morgan fingerprint density at radius 3 is 2.24 bits per heavy atom. The van der Waals surface area contributed by atoms with Crippen LogP contribution >= 0.6 is 0 Å². The molecular weight excluding hydrogens is 220 g/mol. The molecule has 0 atom stereocenters. The fourth-order valence-electron chi connectivity index (χ4n) is 1.78. The first-order chi connectivity index (χ1) is 7.99. The number of nitro groups is 1. The highest BCUT2D eigenvalue weighted by Gasteiger charge is 2.17. The van der Waals surface area contributed by atoms with Crippen LogP contribution < -0.4 is 5.32 Å². The first kappa shape index (κ1) is 13.2. The molecule has 0 aromatic heterocycles. The molecule has 1 aromatic carbocycles. The van der Waals surface area contributed by atoms with Crippen LogP contribution in [0.2, 0.25) is 0 Å². The number of nitrogens with zero attached hydrogens (tertiary/aromatic N) is 1. The number of amides is 1. The van der Waals surface area contributed by atoms with Gasteiger partial charge in [-0.3, -0.25) is 14.9 Å². The summed E-state index contributed by atoms with van der Waals surface area (Å²) in [4.78, 5) is 21.5. The number of rotatable bonds is 4. The summed E-state index contributed by atoms with van der Waals surface area (Å²) in [5, 5.41) is 13.4. The molecular formula is C12H16N2O3. The molecule has 5 nitrogen and oxygen atoms in total. The Kier molecular flexibility index (Phi) is 4.20. The second-order valence-electron chi connectivity index (χ2n) is 3.78. The molecule has 1 N–H and O–H groups in total. The maximum Gasteiger partial charge on any atom is 0.293 e. The second kappa shape index (κ2) is 5.43. The van der Waals surface area contributed by atoms with Crippen molar-refractivity contribution in [2.45, 2.75) is 33.6 Å². The number of hydrogen-bond donors (Lipinski definition) is 1. The summed E-state index contributed by atoms with van der Waals surface area (Å²) in [5.74, 6) is -0.306. The highest BCUT2D eigenvalue weighted by molar-refractivity contribution is 5.91. The minimum atomic E-state index is -0.468. The van der Waals surface area contributed by atoms with Gasteiger partial charge in [-0.15, -0.1) is 0 Å². The van der Waals surface area contributed by atoms with E-state index in [1.807, 2.05) is 13.8 Å². The minimum Gasteiger partial charge on any atom is -0.321 e.